The number of sulfonamides is 2. The quantitative estimate of drug-likeness (QED) is 0.115. The topological polar surface area (TPSA) is 309 Å². The third-order valence-corrected chi connectivity index (χ3v) is 17.3. The summed E-state index contributed by atoms with van der Waals surface area (Å²) in [4.78, 5) is 116. The number of likely N-dealkylation sites (N-methyl/N-ethyl adjacent to an activating group) is 2. The maximum absolute atomic E-state index is 15.1. The van der Waals surface area contributed by atoms with Crippen LogP contribution in [0.5, 0.6) is 0 Å². The summed E-state index contributed by atoms with van der Waals surface area (Å²) in [7, 11) is -5.07. The predicted octanol–water partition coefficient (Wildman–Crippen LogP) is 3.75. The minimum Gasteiger partial charge on any atom is -0.444 e. The molecule has 26 nitrogen and oxygen atoms in total. The molecular weight excluding hydrogens is 1110 g/mol. The molecule has 0 radical (unpaired) electrons. The maximum atomic E-state index is 15.1. The number of nitrogens with one attached hydrogen (secondary N) is 4. The lowest BCUT2D eigenvalue weighted by atomic mass is 10.0. The largest absolute Gasteiger partial charge is 0.444 e. The lowest BCUT2D eigenvalue weighted by molar-refractivity contribution is -0.140. The van der Waals surface area contributed by atoms with E-state index in [0.717, 1.165) is 22.3 Å². The number of carbonyl (C=O) groups excluding carboxylic acids is 8. The average molecular weight is 1190 g/mol. The number of para-hydroxylation sites is 2. The van der Waals surface area contributed by atoms with E-state index < -0.39 is 140 Å². The fourth-order valence-electron chi connectivity index (χ4n) is 10.6. The Balaban J connectivity index is 1.28. The maximum Gasteiger partial charge on any atom is 0.412 e. The first-order valence-electron chi connectivity index (χ1n) is 27.3. The molecule has 28 heteroatoms. The number of nitrogens with zero attached hydrogens (tertiary/aromatic N) is 6. The lowest BCUT2D eigenvalue weighted by Gasteiger charge is -2.33. The van der Waals surface area contributed by atoms with Crippen molar-refractivity contribution in [2.45, 2.75) is 166 Å². The molecule has 10 atom stereocenters. The van der Waals surface area contributed by atoms with Crippen LogP contribution >= 0.6 is 0 Å². The van der Waals surface area contributed by atoms with Crippen LogP contribution in [-0.2, 0) is 58.2 Å². The number of hydrogen-bond acceptors (Lipinski definition) is 16. The number of benzene rings is 2. The van der Waals surface area contributed by atoms with Gasteiger partial charge in [-0.15, -0.1) is 0 Å². The summed E-state index contributed by atoms with van der Waals surface area (Å²) in [6.45, 7) is 12.3. The average Bonchev–Trinajstić information content (AvgIpc) is 4.35. The molecule has 6 rings (SSSR count). The fraction of sp³-hybridized carbons (Fsp3) is 0.630. The molecule has 0 aliphatic carbocycles. The monoisotopic (exact) mass is 1190 g/mol. The van der Waals surface area contributed by atoms with Gasteiger partial charge in [0.05, 0.1) is 49.8 Å². The van der Waals surface area contributed by atoms with Gasteiger partial charge in [-0.2, -0.15) is 8.61 Å². The molecule has 2 aromatic rings. The van der Waals surface area contributed by atoms with Crippen molar-refractivity contribution in [2.75, 3.05) is 63.4 Å². The van der Waals surface area contributed by atoms with Gasteiger partial charge < -0.3 is 39.4 Å². The Bertz CT molecular complexity index is 2700. The van der Waals surface area contributed by atoms with Crippen LogP contribution in [0.15, 0.2) is 60.7 Å². The Morgan fingerprint density at radius 3 is 1.21 bits per heavy atom. The zero-order valence-electron chi connectivity index (χ0n) is 48.6. The molecule has 8 amide bonds. The van der Waals surface area contributed by atoms with E-state index >= 15 is 9.59 Å². The van der Waals surface area contributed by atoms with Gasteiger partial charge in [0.25, 0.3) is 0 Å². The highest BCUT2D eigenvalue weighted by Gasteiger charge is 2.57. The van der Waals surface area contributed by atoms with Gasteiger partial charge in [-0.25, -0.2) is 36.0 Å². The molecule has 0 spiro atoms. The molecule has 4 aliphatic rings. The van der Waals surface area contributed by atoms with Crippen molar-refractivity contribution in [3.8, 4) is 0 Å². The molecule has 0 bridgehead atoms. The van der Waals surface area contributed by atoms with Crippen molar-refractivity contribution in [1.82, 2.24) is 38.8 Å². The molecule has 0 aromatic heterocycles. The van der Waals surface area contributed by atoms with Gasteiger partial charge in [-0.05, 0) is 105 Å². The number of carbonyl (C=O) groups is 8. The summed E-state index contributed by atoms with van der Waals surface area (Å²) in [6.07, 6.45) is -3.36. The van der Waals surface area contributed by atoms with E-state index in [1.807, 2.05) is 0 Å². The van der Waals surface area contributed by atoms with Gasteiger partial charge in [0.2, 0.25) is 43.7 Å². The molecule has 0 unspecified atom stereocenters. The van der Waals surface area contributed by atoms with Crippen molar-refractivity contribution < 1.29 is 74.1 Å². The number of fused-ring (bicyclic) bond motifs is 2. The Morgan fingerprint density at radius 1 is 0.573 bits per heavy atom. The van der Waals surface area contributed by atoms with Crippen molar-refractivity contribution in [1.29, 1.82) is 0 Å². The van der Waals surface area contributed by atoms with Gasteiger partial charge >= 0.3 is 24.4 Å². The second-order valence-corrected chi connectivity index (χ2v) is 27.1. The number of rotatable bonds is 19. The second kappa shape index (κ2) is 26.2. The zero-order chi connectivity index (χ0) is 60.8. The zero-order valence-corrected chi connectivity index (χ0v) is 50.3. The molecule has 4 N–H and O–H groups in total. The van der Waals surface area contributed by atoms with Crippen LogP contribution in [-0.4, -0.2) is 218 Å². The number of ether oxygens (including phenoxy) is 4. The first-order valence-corrected chi connectivity index (χ1v) is 31.0. The fourth-order valence-corrected chi connectivity index (χ4v) is 12.9. The smallest absolute Gasteiger partial charge is 0.412 e. The van der Waals surface area contributed by atoms with E-state index in [1.54, 1.807) is 102 Å². The minimum absolute atomic E-state index is 0.00595. The second-order valence-electron chi connectivity index (χ2n) is 23.2. The normalized spacial score (nSPS) is 22.5. The molecule has 4 aliphatic heterocycles. The van der Waals surface area contributed by atoms with Crippen molar-refractivity contribution in [3.05, 3.63) is 60.7 Å². The summed E-state index contributed by atoms with van der Waals surface area (Å²) in [5.74, 6) is -2.80. The van der Waals surface area contributed by atoms with Gasteiger partial charge in [0, 0.05) is 38.6 Å². The highest BCUT2D eigenvalue weighted by Crippen LogP contribution is 2.38. The predicted molar refractivity (Wildman–Crippen MR) is 301 cm³/mol. The van der Waals surface area contributed by atoms with Crippen LogP contribution in [0.4, 0.5) is 30.6 Å². The molecule has 454 valence electrons. The number of anilines is 2. The van der Waals surface area contributed by atoms with E-state index in [4.69, 9.17) is 18.9 Å². The summed E-state index contributed by atoms with van der Waals surface area (Å²) in [6, 6.07) is 8.17. The number of unbranched alkanes of at least 4 members (excludes halogenated alkanes) is 1. The van der Waals surface area contributed by atoms with E-state index in [0.29, 0.717) is 11.4 Å². The summed E-state index contributed by atoms with van der Waals surface area (Å²) >= 11 is 0. The molecule has 82 heavy (non-hydrogen) atoms. The van der Waals surface area contributed by atoms with Gasteiger partial charge in [-0.3, -0.25) is 39.6 Å². The third kappa shape index (κ3) is 16.5. The SMILES string of the molecule is C[C@@H](C(=O)N[C@@H](CCCC[C@H](NC(=O)[C@H](C)N(C)C(=O)OC(C)(C)C)C(=O)N1CC[C@@H]2[C@H]1[C@@H](OC(=O)Nc1ccccc1)CN2S(C)(=O)=O)C(=O)N1CC[C@@H]2[C@H]1[C@@H](OC(=O)Nc1ccccc1)CN2S(C)(=O)=O)N(C)C(=O)OC(C)(C)C. The molecular formula is C54H80N10O16S2. The Morgan fingerprint density at radius 2 is 0.902 bits per heavy atom. The number of likely N-dealkylation sites (tertiary alicyclic amines) is 2. The first-order chi connectivity index (χ1) is 38.1. The van der Waals surface area contributed by atoms with E-state index in [2.05, 4.69) is 21.3 Å². The first kappa shape index (κ1) is 64.4. The molecule has 4 heterocycles. The highest BCUT2D eigenvalue weighted by atomic mass is 32.2. The Hall–Kier alpha value is -6.78. The number of hydrogen-bond donors (Lipinski definition) is 4. The van der Waals surface area contributed by atoms with Crippen LogP contribution in [0.25, 0.3) is 0 Å². The van der Waals surface area contributed by atoms with E-state index in [-0.39, 0.29) is 64.7 Å². The molecule has 2 aromatic carbocycles. The summed E-state index contributed by atoms with van der Waals surface area (Å²) < 4.78 is 77.8. The number of amides is 8. The van der Waals surface area contributed by atoms with Crippen LogP contribution in [0.1, 0.15) is 93.9 Å². The Kier molecular flexibility index (Phi) is 20.6. The van der Waals surface area contributed by atoms with Gasteiger partial charge in [-0.1, -0.05) is 49.2 Å². The Labute approximate surface area is 480 Å². The minimum atomic E-state index is -3.90. The van der Waals surface area contributed by atoms with Crippen molar-refractivity contribution in [2.24, 2.45) is 0 Å². The summed E-state index contributed by atoms with van der Waals surface area (Å²) in [5, 5.41) is 10.8. The van der Waals surface area contributed by atoms with E-state index in [1.165, 1.54) is 46.4 Å². The standard InChI is InChI=1S/C54H80N10O16S2/c1-33(59(9)51(71)79-53(3,4)5)45(65)57-37(47(67)61-29-27-39-43(61)41(31-63(39)81(11,73)74)77-49(69)55-35-21-15-13-16-22-35)25-19-20-26-38(58-46(66)34(2)60(10)52(72)80-54(6,7)8)48(68)62-30-28-40-44(62)42(32-64(40)82(12,75)76)78-50(70)56-36-23-17-14-18-24-36/h13-18,21-24,33-34,37-44H,19-20,25-32H2,1-12H3,(H,55,69)(H,56,70)(H,57,65)(H,58,66)/t33-,34-,37-,38-,39+,40+,41-,42-,43-,44-/m0/s1. The van der Waals surface area contributed by atoms with Crippen LogP contribution in [0.3, 0.4) is 0 Å². The lowest BCUT2D eigenvalue weighted by Crippen LogP contribution is -2.57. The van der Waals surface area contributed by atoms with Crippen LogP contribution in [0, 0.1) is 0 Å². The van der Waals surface area contributed by atoms with E-state index in [9.17, 15) is 45.6 Å². The molecule has 0 saturated carbocycles. The van der Waals surface area contributed by atoms with Crippen LogP contribution in [0.2, 0.25) is 0 Å². The van der Waals surface area contributed by atoms with Crippen molar-refractivity contribution >= 4 is 79.4 Å². The third-order valence-electron chi connectivity index (χ3n) is 14.8. The molecule has 4 saturated heterocycles. The van der Waals surface area contributed by atoms with Gasteiger partial charge in [0.1, 0.15) is 47.6 Å². The van der Waals surface area contributed by atoms with Crippen LogP contribution < -0.4 is 21.3 Å². The molecule has 4 fully saturated rings. The van der Waals surface area contributed by atoms with Gasteiger partial charge in [0.15, 0.2) is 0 Å². The summed E-state index contributed by atoms with van der Waals surface area (Å²) in [5.41, 5.74) is -1.00. The highest BCUT2D eigenvalue weighted by molar-refractivity contribution is 7.88. The van der Waals surface area contributed by atoms with Crippen molar-refractivity contribution in [3.63, 3.8) is 0 Å².